The van der Waals surface area contributed by atoms with Crippen LogP contribution in [0.4, 0.5) is 73.9 Å². The normalized spacial score (nSPS) is 18.3. The summed E-state index contributed by atoms with van der Waals surface area (Å²) in [6, 6.07) is 85.2. The molecule has 10 heterocycles. The highest BCUT2D eigenvalue weighted by molar-refractivity contribution is 7.26. The van der Waals surface area contributed by atoms with Crippen molar-refractivity contribution in [3.8, 4) is 11.1 Å². The molecular formula is C84H65N9OS. The number of nitrogens with zero attached hydrogens (tertiary/aromatic N) is 9. The second kappa shape index (κ2) is 20.4. The molecule has 4 atom stereocenters. The van der Waals surface area contributed by atoms with Crippen LogP contribution in [0.25, 0.3) is 68.9 Å². The molecule has 10 nitrogen and oxygen atoms in total. The molecular weight excluding hydrogens is 1180 g/mol. The molecule has 0 spiro atoms. The minimum absolute atomic E-state index is 0.317. The van der Waals surface area contributed by atoms with Gasteiger partial charge in [0, 0.05) is 92.2 Å². The van der Waals surface area contributed by atoms with Crippen LogP contribution >= 0.6 is 11.3 Å². The van der Waals surface area contributed by atoms with Crippen molar-refractivity contribution in [3.63, 3.8) is 0 Å². The lowest BCUT2D eigenvalue weighted by Crippen LogP contribution is -2.36. The van der Waals surface area contributed by atoms with Crippen LogP contribution in [0.3, 0.4) is 0 Å². The summed E-state index contributed by atoms with van der Waals surface area (Å²) in [6.45, 7) is 7.21. The fraction of sp³-hybridized carbons (Fsp3) is 0.155. The Labute approximate surface area is 555 Å². The van der Waals surface area contributed by atoms with Crippen LogP contribution in [0.5, 0.6) is 0 Å². The van der Waals surface area contributed by atoms with E-state index >= 15 is 0 Å². The summed E-state index contributed by atoms with van der Waals surface area (Å²) in [6.07, 6.45) is 6.72. The van der Waals surface area contributed by atoms with Crippen molar-refractivity contribution in [2.45, 2.75) is 56.8 Å². The molecule has 0 N–H and O–H groups in total. The van der Waals surface area contributed by atoms with Crippen molar-refractivity contribution >= 4 is 138 Å². The van der Waals surface area contributed by atoms with Gasteiger partial charge in [-0.25, -0.2) is 4.85 Å². The maximum absolute atomic E-state index is 7.21. The lowest BCUT2D eigenvalue weighted by atomic mass is 10.0. The van der Waals surface area contributed by atoms with Gasteiger partial charge >= 0.3 is 0 Å². The van der Waals surface area contributed by atoms with Gasteiger partial charge < -0.3 is 43.6 Å². The van der Waals surface area contributed by atoms with Gasteiger partial charge in [0.1, 0.15) is 30.2 Å². The average Bonchev–Trinajstić information content (AvgIpc) is 1.58. The Balaban J connectivity index is 0.0000000869. The number of likely N-dealkylation sites (N-methyl/N-ethyl adjacent to an activating group) is 4. The quantitative estimate of drug-likeness (QED) is 0.138. The highest BCUT2D eigenvalue weighted by Gasteiger charge is 2.46. The molecule has 0 bridgehead atoms. The topological polar surface area (TPSA) is 43.4 Å². The Kier molecular flexibility index (Phi) is 11.7. The van der Waals surface area contributed by atoms with Crippen LogP contribution < -0.4 is 39.2 Å². The van der Waals surface area contributed by atoms with Crippen LogP contribution in [0.15, 0.2) is 241 Å². The van der Waals surface area contributed by atoms with Gasteiger partial charge in [0.05, 0.1) is 73.8 Å². The maximum Gasteiger partial charge on any atom is 0.187 e. The summed E-state index contributed by atoms with van der Waals surface area (Å²) in [7, 11) is 8.80. The summed E-state index contributed by atoms with van der Waals surface area (Å²) in [5.41, 5.74) is 30.0. The predicted octanol–water partition coefficient (Wildman–Crippen LogP) is 20.2. The van der Waals surface area contributed by atoms with E-state index in [1.54, 1.807) is 0 Å². The van der Waals surface area contributed by atoms with Crippen molar-refractivity contribution in [3.05, 3.63) is 281 Å². The third-order valence-corrected chi connectivity index (χ3v) is 23.3. The monoisotopic (exact) mass is 1250 g/mol. The molecule has 0 saturated heterocycles. The second-order valence-corrected chi connectivity index (χ2v) is 27.8. The molecule has 4 unspecified atom stereocenters. The summed E-state index contributed by atoms with van der Waals surface area (Å²) in [5.74, 6) is 0. The Hall–Kier alpha value is -11.2. The van der Waals surface area contributed by atoms with Crippen molar-refractivity contribution in [2.75, 3.05) is 67.4 Å². The van der Waals surface area contributed by atoms with E-state index in [1.807, 2.05) is 29.5 Å². The van der Waals surface area contributed by atoms with Gasteiger partial charge in [0.15, 0.2) is 11.3 Å². The van der Waals surface area contributed by atoms with Gasteiger partial charge in [0.25, 0.3) is 0 Å². The highest BCUT2D eigenvalue weighted by atomic mass is 32.1. The first kappa shape index (κ1) is 54.4. The Morgan fingerprint density at radius 3 is 1.56 bits per heavy atom. The van der Waals surface area contributed by atoms with Gasteiger partial charge in [-0.3, -0.25) is 0 Å². The van der Waals surface area contributed by atoms with E-state index in [2.05, 4.69) is 291 Å². The number of fused-ring (bicyclic) bond motifs is 33. The lowest BCUT2D eigenvalue weighted by Gasteiger charge is -2.25. The van der Waals surface area contributed by atoms with Crippen molar-refractivity contribution in [1.82, 2.24) is 0 Å². The third-order valence-electron chi connectivity index (χ3n) is 22.1. The number of para-hydroxylation sites is 7. The molecule has 2 aromatic heterocycles. The van der Waals surface area contributed by atoms with E-state index in [9.17, 15) is 0 Å². The molecule has 14 aromatic rings. The van der Waals surface area contributed by atoms with E-state index in [-0.39, 0.29) is 0 Å². The number of rotatable bonds is 0. The molecule has 12 aromatic carbocycles. The molecule has 0 saturated carbocycles. The van der Waals surface area contributed by atoms with Gasteiger partial charge in [-0.2, -0.15) is 0 Å². The van der Waals surface area contributed by atoms with Crippen LogP contribution in [-0.2, 0) is 32.1 Å². The SMILES string of the molecule is CN1c2ccccc2N2c3c(ccc4c3Cc3ccccc3-4)CC12.CN1c2ccccc2N2c3c(ccc4c3oc3ccccc34)CC12.CN1c2ccccc2N2c3c(ccc4c3sc3ccccc34)CC12.[C-]#[N+]c1ccc2c(c1)CC1N(C)c3cc4ccccc4cc3N21. The molecule has 8 aliphatic heterocycles. The summed E-state index contributed by atoms with van der Waals surface area (Å²) in [4.78, 5) is 23.2. The molecule has 0 fully saturated rings. The minimum atomic E-state index is 0.317. The van der Waals surface area contributed by atoms with Crippen molar-refractivity contribution < 1.29 is 4.42 Å². The largest absolute Gasteiger partial charge is 0.454 e. The van der Waals surface area contributed by atoms with E-state index in [0.717, 1.165) is 49.0 Å². The zero-order valence-electron chi connectivity index (χ0n) is 53.2. The lowest BCUT2D eigenvalue weighted by molar-refractivity contribution is 0.665. The molecule has 11 heteroatoms. The van der Waals surface area contributed by atoms with Gasteiger partial charge in [-0.1, -0.05) is 170 Å². The standard InChI is InChI=1S/C22H18N2.C21H16N2O.C21H16N2S.C20H15N3/c1-23-19-8-4-5-9-20(19)24-21(23)13-15-10-11-17-16-7-3-2-6-14(16)12-18(17)22(15)24;2*1-22-16-7-3-4-8-17(16)23-19(22)12-13-10-11-15-14-6-2-5-9-18(14)24-21(15)20(13)23;1-21-16-7-8-17-15(9-16)12-20-22(2)18-10-13-5-3-4-6-14(13)11-19(18)23(17)20/h2-11,21H,12-13H2,1H3;2*2-11,19H,12H2,1H3;3-11,20H,12H2,2H3. The van der Waals surface area contributed by atoms with Crippen molar-refractivity contribution in [2.24, 2.45) is 0 Å². The van der Waals surface area contributed by atoms with Crippen LogP contribution in [0.2, 0.25) is 0 Å². The molecule has 1 aliphatic carbocycles. The number of hydrogen-bond donors (Lipinski definition) is 0. The molecule has 9 aliphatic rings. The Morgan fingerprint density at radius 1 is 0.368 bits per heavy atom. The molecule has 458 valence electrons. The van der Waals surface area contributed by atoms with Gasteiger partial charge in [0.2, 0.25) is 0 Å². The predicted molar refractivity (Wildman–Crippen MR) is 396 cm³/mol. The van der Waals surface area contributed by atoms with Crippen LogP contribution in [0, 0.1) is 6.57 Å². The third kappa shape index (κ3) is 7.77. The van der Waals surface area contributed by atoms with E-state index < -0.39 is 0 Å². The number of anilines is 12. The fourth-order valence-electron chi connectivity index (χ4n) is 17.6. The molecule has 95 heavy (non-hydrogen) atoms. The average molecular weight is 1250 g/mol. The number of furan rings is 1. The summed E-state index contributed by atoms with van der Waals surface area (Å²) in [5, 5.41) is 7.72. The highest BCUT2D eigenvalue weighted by Crippen LogP contribution is 2.58. The van der Waals surface area contributed by atoms with E-state index in [0.29, 0.717) is 24.7 Å². The Morgan fingerprint density at radius 2 is 0.874 bits per heavy atom. The zero-order chi connectivity index (χ0) is 63.1. The molecule has 0 radical (unpaired) electrons. The second-order valence-electron chi connectivity index (χ2n) is 26.8. The first-order valence-electron chi connectivity index (χ1n) is 33.2. The van der Waals surface area contributed by atoms with Crippen LogP contribution in [0.1, 0.15) is 33.4 Å². The summed E-state index contributed by atoms with van der Waals surface area (Å²) >= 11 is 1.93. The fourth-order valence-corrected chi connectivity index (χ4v) is 18.9. The van der Waals surface area contributed by atoms with E-state index in [4.69, 9.17) is 11.0 Å². The number of hydrogen-bond acceptors (Lipinski definition) is 10. The van der Waals surface area contributed by atoms with Gasteiger partial charge in [-0.15, -0.1) is 11.3 Å². The first-order valence-corrected chi connectivity index (χ1v) is 34.0. The Bertz CT molecular complexity index is 5460. The first-order chi connectivity index (χ1) is 46.7. The number of benzene rings is 12. The smallest absolute Gasteiger partial charge is 0.187 e. The molecule has 23 rings (SSSR count). The number of thiophene rings is 1. The zero-order valence-corrected chi connectivity index (χ0v) is 54.0. The van der Waals surface area contributed by atoms with Crippen molar-refractivity contribution in [1.29, 1.82) is 0 Å². The minimum Gasteiger partial charge on any atom is -0.454 e. The maximum atomic E-state index is 7.21. The van der Waals surface area contributed by atoms with E-state index in [1.165, 1.54) is 154 Å². The van der Waals surface area contributed by atoms with Crippen LogP contribution in [-0.4, -0.2) is 52.9 Å². The molecule has 0 amide bonds. The van der Waals surface area contributed by atoms with Gasteiger partial charge in [-0.05, 0) is 122 Å². The summed E-state index contributed by atoms with van der Waals surface area (Å²) < 4.78 is 9.11.